The molecular formula is C23H23ClN4S. The number of hydrogen-bond donors (Lipinski definition) is 1. The van der Waals surface area contributed by atoms with Gasteiger partial charge in [-0.15, -0.1) is 11.3 Å². The van der Waals surface area contributed by atoms with Crippen LogP contribution in [0.3, 0.4) is 0 Å². The van der Waals surface area contributed by atoms with Crippen LogP contribution in [0, 0.1) is 0 Å². The van der Waals surface area contributed by atoms with Crippen LogP contribution in [0.5, 0.6) is 0 Å². The minimum atomic E-state index is 0.603. The van der Waals surface area contributed by atoms with Crippen LogP contribution < -0.4 is 5.73 Å². The number of piperazine rings is 1. The molecule has 0 spiro atoms. The number of anilines is 1. The molecule has 2 aromatic carbocycles. The Kier molecular flexibility index (Phi) is 5.14. The van der Waals surface area contributed by atoms with Crippen molar-refractivity contribution in [2.75, 3.05) is 31.9 Å². The predicted octanol–water partition coefficient (Wildman–Crippen LogP) is 5.00. The smallest absolute Gasteiger partial charge is 0.131 e. The number of thiophene rings is 1. The monoisotopic (exact) mass is 422 g/mol. The van der Waals surface area contributed by atoms with Gasteiger partial charge >= 0.3 is 0 Å². The van der Waals surface area contributed by atoms with Crippen LogP contribution in [0.2, 0.25) is 5.02 Å². The molecule has 1 fully saturated rings. The first kappa shape index (κ1) is 18.8. The fourth-order valence-electron chi connectivity index (χ4n) is 4.07. The van der Waals surface area contributed by atoms with Gasteiger partial charge in [-0.05, 0) is 46.7 Å². The van der Waals surface area contributed by atoms with Crippen molar-refractivity contribution < 1.29 is 0 Å². The summed E-state index contributed by atoms with van der Waals surface area (Å²) >= 11 is 7.98. The molecule has 148 valence electrons. The molecule has 1 saturated heterocycles. The number of nitrogens with zero attached hydrogens (tertiary/aromatic N) is 3. The standard InChI is InChI=1S/C23H23ClN4S/c24-19-3-2-18-12-20(29-22(18)13-19)15-28-9-7-27(8-10-28)14-16-1-4-21-17(11-16)5-6-26-23(21)25/h1-6,11-13H,7-10,14-15H2,(H2,25,26). The van der Waals surface area contributed by atoms with Gasteiger partial charge in [0.2, 0.25) is 0 Å². The first-order chi connectivity index (χ1) is 14.1. The van der Waals surface area contributed by atoms with Crippen LogP contribution in [0.25, 0.3) is 20.9 Å². The minimum Gasteiger partial charge on any atom is -0.383 e. The van der Waals surface area contributed by atoms with E-state index in [0.717, 1.165) is 49.7 Å². The van der Waals surface area contributed by atoms with Crippen LogP contribution in [-0.2, 0) is 13.1 Å². The fraction of sp³-hybridized carbons (Fsp3) is 0.261. The number of hydrogen-bond acceptors (Lipinski definition) is 5. The van der Waals surface area contributed by atoms with Crippen LogP contribution in [0.4, 0.5) is 5.82 Å². The van der Waals surface area contributed by atoms with E-state index in [1.807, 2.05) is 23.5 Å². The van der Waals surface area contributed by atoms with Crippen molar-refractivity contribution in [3.05, 3.63) is 70.2 Å². The minimum absolute atomic E-state index is 0.603. The predicted molar refractivity (Wildman–Crippen MR) is 124 cm³/mol. The highest BCUT2D eigenvalue weighted by Crippen LogP contribution is 2.29. The van der Waals surface area contributed by atoms with E-state index in [2.05, 4.69) is 51.2 Å². The van der Waals surface area contributed by atoms with Crippen molar-refractivity contribution >= 4 is 49.6 Å². The van der Waals surface area contributed by atoms with Crippen molar-refractivity contribution in [3.8, 4) is 0 Å². The third-order valence-electron chi connectivity index (χ3n) is 5.64. The molecule has 2 N–H and O–H groups in total. The Hall–Kier alpha value is -2.18. The van der Waals surface area contributed by atoms with Crippen LogP contribution in [-0.4, -0.2) is 41.0 Å². The zero-order valence-corrected chi connectivity index (χ0v) is 17.7. The van der Waals surface area contributed by atoms with E-state index in [-0.39, 0.29) is 0 Å². The van der Waals surface area contributed by atoms with Gasteiger partial charge in [0, 0.05) is 65.5 Å². The summed E-state index contributed by atoms with van der Waals surface area (Å²) in [5, 5.41) is 4.30. The Labute approximate surface area is 179 Å². The lowest BCUT2D eigenvalue weighted by Crippen LogP contribution is -2.45. The lowest BCUT2D eigenvalue weighted by atomic mass is 10.1. The molecule has 0 bridgehead atoms. The van der Waals surface area contributed by atoms with Crippen LogP contribution in [0.1, 0.15) is 10.4 Å². The number of halogens is 1. The average molecular weight is 423 g/mol. The lowest BCUT2D eigenvalue weighted by molar-refractivity contribution is 0.123. The van der Waals surface area contributed by atoms with Gasteiger partial charge in [-0.25, -0.2) is 4.98 Å². The lowest BCUT2D eigenvalue weighted by Gasteiger charge is -2.34. The molecule has 0 radical (unpaired) electrons. The maximum absolute atomic E-state index is 6.12. The zero-order chi connectivity index (χ0) is 19.8. The highest BCUT2D eigenvalue weighted by Gasteiger charge is 2.18. The number of rotatable bonds is 4. The average Bonchev–Trinajstić information content (AvgIpc) is 3.11. The SMILES string of the molecule is Nc1nccc2cc(CN3CCN(Cc4cc5ccc(Cl)cc5s4)CC3)ccc12. The third kappa shape index (κ3) is 4.09. The molecule has 4 nitrogen and oxygen atoms in total. The van der Waals surface area contributed by atoms with Gasteiger partial charge in [0.15, 0.2) is 0 Å². The molecule has 0 amide bonds. The fourth-order valence-corrected chi connectivity index (χ4v) is 5.45. The second-order valence-electron chi connectivity index (χ2n) is 7.70. The van der Waals surface area contributed by atoms with Crippen molar-refractivity contribution in [2.45, 2.75) is 13.1 Å². The van der Waals surface area contributed by atoms with E-state index in [0.29, 0.717) is 5.82 Å². The Morgan fingerprint density at radius 1 is 0.897 bits per heavy atom. The Balaban J connectivity index is 1.20. The maximum Gasteiger partial charge on any atom is 0.131 e. The molecule has 4 aromatic rings. The third-order valence-corrected chi connectivity index (χ3v) is 6.96. The molecule has 3 heterocycles. The summed E-state index contributed by atoms with van der Waals surface area (Å²) in [4.78, 5) is 10.7. The summed E-state index contributed by atoms with van der Waals surface area (Å²) in [6.07, 6.45) is 1.78. The van der Waals surface area contributed by atoms with Gasteiger partial charge < -0.3 is 5.73 Å². The van der Waals surface area contributed by atoms with Gasteiger partial charge in [-0.1, -0.05) is 29.8 Å². The van der Waals surface area contributed by atoms with Gasteiger partial charge in [-0.3, -0.25) is 9.80 Å². The van der Waals surface area contributed by atoms with E-state index >= 15 is 0 Å². The summed E-state index contributed by atoms with van der Waals surface area (Å²) < 4.78 is 1.28. The van der Waals surface area contributed by atoms with Crippen molar-refractivity contribution in [1.82, 2.24) is 14.8 Å². The number of pyridine rings is 1. The van der Waals surface area contributed by atoms with Crippen molar-refractivity contribution in [1.29, 1.82) is 0 Å². The van der Waals surface area contributed by atoms with Crippen molar-refractivity contribution in [3.63, 3.8) is 0 Å². The second kappa shape index (κ2) is 7.92. The quantitative estimate of drug-likeness (QED) is 0.502. The molecule has 1 aliphatic rings. The Morgan fingerprint density at radius 2 is 1.69 bits per heavy atom. The molecule has 5 rings (SSSR count). The highest BCUT2D eigenvalue weighted by atomic mass is 35.5. The van der Waals surface area contributed by atoms with E-state index < -0.39 is 0 Å². The molecule has 1 aliphatic heterocycles. The molecule has 2 aromatic heterocycles. The normalized spacial score (nSPS) is 16.0. The number of fused-ring (bicyclic) bond motifs is 2. The second-order valence-corrected chi connectivity index (χ2v) is 9.30. The summed E-state index contributed by atoms with van der Waals surface area (Å²) in [5.41, 5.74) is 7.30. The van der Waals surface area contributed by atoms with Crippen LogP contribution in [0.15, 0.2) is 54.7 Å². The zero-order valence-electron chi connectivity index (χ0n) is 16.1. The summed E-state index contributed by atoms with van der Waals surface area (Å²) in [7, 11) is 0. The van der Waals surface area contributed by atoms with Gasteiger partial charge in [0.1, 0.15) is 5.82 Å². The summed E-state index contributed by atoms with van der Waals surface area (Å²) in [6, 6.07) is 17.0. The summed E-state index contributed by atoms with van der Waals surface area (Å²) in [6.45, 7) is 6.37. The first-order valence-electron chi connectivity index (χ1n) is 9.90. The Morgan fingerprint density at radius 3 is 2.52 bits per heavy atom. The molecule has 6 heteroatoms. The maximum atomic E-state index is 6.12. The topological polar surface area (TPSA) is 45.4 Å². The van der Waals surface area contributed by atoms with E-state index in [1.54, 1.807) is 6.20 Å². The number of nitrogens with two attached hydrogens (primary N) is 1. The Bertz CT molecular complexity index is 1160. The number of benzene rings is 2. The highest BCUT2D eigenvalue weighted by molar-refractivity contribution is 7.19. The molecule has 0 unspecified atom stereocenters. The number of nitrogen functional groups attached to an aromatic ring is 1. The summed E-state index contributed by atoms with van der Waals surface area (Å²) in [5.74, 6) is 0.603. The molecular weight excluding hydrogens is 400 g/mol. The first-order valence-corrected chi connectivity index (χ1v) is 11.1. The van der Waals surface area contributed by atoms with Gasteiger partial charge in [0.05, 0.1) is 0 Å². The van der Waals surface area contributed by atoms with Crippen LogP contribution >= 0.6 is 22.9 Å². The van der Waals surface area contributed by atoms with Gasteiger partial charge in [0.25, 0.3) is 0 Å². The van der Waals surface area contributed by atoms with E-state index in [4.69, 9.17) is 17.3 Å². The van der Waals surface area contributed by atoms with Gasteiger partial charge in [-0.2, -0.15) is 0 Å². The molecule has 0 atom stereocenters. The van der Waals surface area contributed by atoms with E-state index in [1.165, 1.54) is 25.9 Å². The molecule has 29 heavy (non-hydrogen) atoms. The largest absolute Gasteiger partial charge is 0.383 e. The molecule has 0 aliphatic carbocycles. The molecule has 0 saturated carbocycles. The number of aromatic nitrogens is 1. The van der Waals surface area contributed by atoms with E-state index in [9.17, 15) is 0 Å². The van der Waals surface area contributed by atoms with Crippen molar-refractivity contribution in [2.24, 2.45) is 0 Å².